The Morgan fingerprint density at radius 3 is 0.684 bits per heavy atom. The van der Waals surface area contributed by atoms with Crippen molar-refractivity contribution in [1.29, 1.82) is 0 Å². The first-order valence-electron chi connectivity index (χ1n) is 26.9. The molecule has 0 amide bonds. The minimum absolute atomic E-state index is 0. The fourth-order valence-electron chi connectivity index (χ4n) is 10.4. The van der Waals surface area contributed by atoms with Crippen LogP contribution in [0.25, 0.3) is 137 Å². The van der Waals surface area contributed by atoms with E-state index < -0.39 is 135 Å². The molecule has 24 nitrogen and oxygen atoms in total. The first kappa shape index (κ1) is 72.1. The molecule has 0 saturated carbocycles. The minimum atomic E-state index is -5.98. The molecule has 496 valence electrons. The van der Waals surface area contributed by atoms with E-state index in [-0.39, 0.29) is 42.3 Å². The normalized spacial score (nSPS) is 13.2. The van der Waals surface area contributed by atoms with E-state index in [2.05, 4.69) is 98.4 Å². The van der Waals surface area contributed by atoms with Gasteiger partial charge >= 0.3 is 34.1 Å². The van der Waals surface area contributed by atoms with E-state index in [1.54, 1.807) is 0 Å². The number of nitrogens with zero attached hydrogens (tertiary/aromatic N) is 8. The van der Waals surface area contributed by atoms with Gasteiger partial charge in [-0.2, -0.15) is 0 Å². The molecule has 0 fully saturated rings. The standard InChI is InChI=1S/C20H6Cl8N4O12S4.2C20H14N4.2Mn/c21-5-6(22)12-20(48(42,43)44)16-10(26)8(24)14(32(16)28)18(46(36,37)38)4-2-1-3(29-4)17(45(33,34)35)13-7(23)9(25)15(31(13)27)19(11(5)30-12)47(39,40)41;2*1-2-14-10-16-5-6-18(23-16)12-20-8-7-19(24-20)11-17-4-3-15(22-17)9-13(1)21-14;;/h1-2H,(H,33,34,35)(H,36,37,38)(H,39,40,41)(H,42,43,44);2*1-12,21,24H;;/q;;;2*+2/p-4. The molecule has 15 rings (SSSR count). The number of hydrogen-bond donors (Lipinski definition) is 4. The third-order valence-corrected chi connectivity index (χ3v) is 21.1. The van der Waals surface area contributed by atoms with Crippen molar-refractivity contribution in [3.8, 4) is 0 Å². The quantitative estimate of drug-likeness (QED) is 0.0939. The second-order valence-corrected chi connectivity index (χ2v) is 29.0. The van der Waals surface area contributed by atoms with Crippen LogP contribution in [0.5, 0.6) is 0 Å². The zero-order chi connectivity index (χ0) is 68.2. The Hall–Kier alpha value is -7.20. The zero-order valence-electron chi connectivity index (χ0n) is 47.9. The Labute approximate surface area is 613 Å². The van der Waals surface area contributed by atoms with Crippen molar-refractivity contribution in [1.82, 2.24) is 58.0 Å². The summed E-state index contributed by atoms with van der Waals surface area (Å²) in [5, 5.41) is -6.30. The molecule has 0 atom stereocenters. The van der Waals surface area contributed by atoms with Gasteiger partial charge in [-0.3, -0.25) is 0 Å². The van der Waals surface area contributed by atoms with E-state index in [0.29, 0.717) is 12.2 Å². The number of fused-ring (bicyclic) bond motifs is 24. The van der Waals surface area contributed by atoms with Gasteiger partial charge in [-0.15, -0.1) is 0 Å². The van der Waals surface area contributed by atoms with Gasteiger partial charge in [-0.05, 0) is 158 Å². The molecule has 9 aromatic rings. The maximum absolute atomic E-state index is 12.7. The molecule has 0 aromatic carbocycles. The summed E-state index contributed by atoms with van der Waals surface area (Å²) in [5.74, 6) is 0. The SMILES string of the molecule is C1=Cc2cc3ccc(cc4nc(cc5ccc(cc1n2)[nH]5)C=C4)[nH]3.C1=Cc2cc3ccc(cc4nc(cc5ccc(cc1n2)[nH]5)C=C4)[nH]3.O=S(=O)([O-])c1c2nc(c(S(=O)(=O)[O-])c3c(Cl)c(Cl)c(c(S(=O)(=O)[O-])c4nc(c(S(=O)(=O)[O-])c5c(Cl)c(Cl)c1n5Cl)C(Cl)=C4Cl)n3Cl)C=C2.[Mn+2].[Mn+2]. The Morgan fingerprint density at radius 1 is 0.296 bits per heavy atom. The van der Waals surface area contributed by atoms with Crippen LogP contribution in [0.4, 0.5) is 0 Å². The number of nitrogens with one attached hydrogen (secondary N) is 4. The van der Waals surface area contributed by atoms with Gasteiger partial charge in [0.2, 0.25) is 0 Å². The molecule has 15 heterocycles. The maximum atomic E-state index is 12.7. The van der Waals surface area contributed by atoms with Crippen molar-refractivity contribution in [3.63, 3.8) is 0 Å². The van der Waals surface area contributed by atoms with Gasteiger partial charge in [0.1, 0.15) is 71.4 Å². The maximum Gasteiger partial charge on any atom is 2.00 e. The summed E-state index contributed by atoms with van der Waals surface area (Å²) in [6.45, 7) is 0. The van der Waals surface area contributed by atoms with Crippen LogP contribution >= 0.6 is 93.2 Å². The monoisotopic (exact) mass is 1630 g/mol. The fourth-order valence-corrected chi connectivity index (χ4v) is 16.5. The van der Waals surface area contributed by atoms with Crippen molar-refractivity contribution < 1.29 is 86.0 Å². The molecule has 6 aliphatic heterocycles. The number of rotatable bonds is 4. The van der Waals surface area contributed by atoms with Gasteiger partial charge in [0.05, 0.1) is 109 Å². The van der Waals surface area contributed by atoms with Crippen LogP contribution in [0, 0.1) is 0 Å². The molecule has 4 N–H and O–H groups in total. The van der Waals surface area contributed by atoms with Crippen molar-refractivity contribution in [2.24, 2.45) is 0 Å². The van der Waals surface area contributed by atoms with Gasteiger partial charge in [0.15, 0.2) is 0 Å². The third-order valence-electron chi connectivity index (χ3n) is 14.3. The first-order valence-corrected chi connectivity index (χ1v) is 35.5. The second-order valence-electron chi connectivity index (χ2n) is 20.8. The van der Waals surface area contributed by atoms with Crippen LogP contribution < -0.4 is 0 Å². The molecule has 98 heavy (non-hydrogen) atoms. The molecule has 0 saturated heterocycles. The van der Waals surface area contributed by atoms with Gasteiger partial charge in [-0.25, -0.2) is 71.7 Å². The van der Waals surface area contributed by atoms with Crippen LogP contribution in [0.2, 0.25) is 20.1 Å². The number of aromatic nitrogens is 12. The van der Waals surface area contributed by atoms with Crippen LogP contribution in [-0.2, 0) is 74.6 Å². The molecular weight excluding hydrogens is 1600 g/mol. The number of hydrogen-bond acceptors (Lipinski definition) is 18. The third kappa shape index (κ3) is 14.4. The topological polar surface area (TPSA) is 379 Å². The molecule has 2 radical (unpaired) electrons. The second kappa shape index (κ2) is 27.4. The molecule has 9 aromatic heterocycles. The zero-order valence-corrected chi connectivity index (χ0v) is 59.6. The van der Waals surface area contributed by atoms with Crippen LogP contribution in [0.1, 0.15) is 68.3 Å². The van der Waals surface area contributed by atoms with E-state index in [0.717, 1.165) is 89.7 Å². The predicted octanol–water partition coefficient (Wildman–Crippen LogP) is 14.3. The van der Waals surface area contributed by atoms with Crippen LogP contribution in [-0.4, -0.2) is 110 Å². The number of halogens is 8. The summed E-state index contributed by atoms with van der Waals surface area (Å²) in [5.41, 5.74) is 6.39. The Kier molecular flexibility index (Phi) is 20.1. The average molecular weight is 1630 g/mol. The van der Waals surface area contributed by atoms with Crippen molar-refractivity contribution in [2.45, 2.75) is 19.6 Å². The van der Waals surface area contributed by atoms with E-state index in [9.17, 15) is 51.9 Å². The van der Waals surface area contributed by atoms with Gasteiger partial charge in [0.25, 0.3) is 0 Å². The minimum Gasteiger partial charge on any atom is -0.744 e. The van der Waals surface area contributed by atoms with Crippen molar-refractivity contribution >= 4 is 271 Å². The van der Waals surface area contributed by atoms with E-state index >= 15 is 0 Å². The van der Waals surface area contributed by atoms with Crippen molar-refractivity contribution in [2.75, 3.05) is 0 Å². The van der Waals surface area contributed by atoms with Crippen LogP contribution in [0.15, 0.2) is 117 Å². The summed E-state index contributed by atoms with van der Waals surface area (Å²) in [6, 6.07) is 32.7. The fraction of sp³-hybridized carbons (Fsp3) is 0. The van der Waals surface area contributed by atoms with E-state index in [1.165, 1.54) is 0 Å². The smallest absolute Gasteiger partial charge is 0.744 e. The van der Waals surface area contributed by atoms with E-state index in [1.807, 2.05) is 97.1 Å². The van der Waals surface area contributed by atoms with E-state index in [4.69, 9.17) is 93.2 Å². The summed E-state index contributed by atoms with van der Waals surface area (Å²) >= 11 is 49.7. The molecule has 0 aliphatic carbocycles. The Bertz CT molecular complexity index is 5530. The van der Waals surface area contributed by atoms with Gasteiger partial charge in [-0.1, -0.05) is 69.6 Å². The number of aromatic amines is 4. The summed E-state index contributed by atoms with van der Waals surface area (Å²) in [4.78, 5) is 33.0. The Balaban J connectivity index is 0.000000162. The molecule has 24 bridgehead atoms. The van der Waals surface area contributed by atoms with Gasteiger partial charge in [0, 0.05) is 67.7 Å². The molecule has 0 spiro atoms. The van der Waals surface area contributed by atoms with Crippen LogP contribution in [0.3, 0.4) is 0 Å². The molecule has 6 aliphatic rings. The Morgan fingerprint density at radius 2 is 0.490 bits per heavy atom. The summed E-state index contributed by atoms with van der Waals surface area (Å²) < 4.78 is 152. The summed E-state index contributed by atoms with van der Waals surface area (Å²) in [6.07, 6.45) is 17.5. The van der Waals surface area contributed by atoms with Gasteiger partial charge < -0.3 is 38.1 Å². The number of H-pyrrole nitrogens is 4. The molecule has 0 unspecified atom stereocenters. The van der Waals surface area contributed by atoms with Crippen molar-refractivity contribution in [3.05, 3.63) is 185 Å². The first-order chi connectivity index (χ1) is 45.3. The average Bonchev–Trinajstić information content (AvgIpc) is 1.56. The molecular formula is C60H30Cl8Mn2N12O12S4. The summed E-state index contributed by atoms with van der Waals surface area (Å²) in [7, 11) is -23.7. The largest absolute Gasteiger partial charge is 2.00 e. The predicted molar refractivity (Wildman–Crippen MR) is 368 cm³/mol. The molecule has 38 heteroatoms.